The summed E-state index contributed by atoms with van der Waals surface area (Å²) in [6, 6.07) is 5.87. The van der Waals surface area contributed by atoms with Crippen LogP contribution in [0, 0.1) is 6.92 Å². The molecule has 9 heteroatoms. The van der Waals surface area contributed by atoms with Crippen molar-refractivity contribution >= 4 is 37.7 Å². The van der Waals surface area contributed by atoms with Crippen molar-refractivity contribution in [2.75, 3.05) is 31.7 Å². The Morgan fingerprint density at radius 1 is 1.31 bits per heavy atom. The van der Waals surface area contributed by atoms with E-state index in [0.717, 1.165) is 23.2 Å². The lowest BCUT2D eigenvalue weighted by atomic mass is 10.0. The Kier molecular flexibility index (Phi) is 10.4. The van der Waals surface area contributed by atoms with Crippen LogP contribution in [0.5, 0.6) is 0 Å². The first-order valence-corrected chi connectivity index (χ1v) is 13.1. The number of nitrogens with zero attached hydrogens (tertiary/aromatic N) is 2. The van der Waals surface area contributed by atoms with Gasteiger partial charge >= 0.3 is 6.09 Å². The number of rotatable bonds is 6. The first-order valence-electron chi connectivity index (χ1n) is 10.7. The van der Waals surface area contributed by atoms with Crippen LogP contribution in [-0.4, -0.2) is 51.7 Å². The van der Waals surface area contributed by atoms with Gasteiger partial charge in [0.1, 0.15) is 6.61 Å². The van der Waals surface area contributed by atoms with Gasteiger partial charge in [-0.05, 0) is 44.2 Å². The monoisotopic (exact) mass is 528 g/mol. The number of carbonyl (C=O) groups is 1. The van der Waals surface area contributed by atoms with E-state index in [9.17, 15) is 13.2 Å². The number of methoxy groups -OCH3 is 1. The maximum Gasteiger partial charge on any atom is 0.414 e. The highest BCUT2D eigenvalue weighted by atomic mass is 79.9. The Morgan fingerprint density at radius 3 is 2.53 bits per heavy atom. The molecule has 0 N–H and O–H groups in total. The highest BCUT2D eigenvalue weighted by Crippen LogP contribution is 2.33. The number of piperidine rings is 1. The van der Waals surface area contributed by atoms with Gasteiger partial charge < -0.3 is 9.47 Å². The van der Waals surface area contributed by atoms with E-state index in [4.69, 9.17) is 9.47 Å². The Morgan fingerprint density at radius 2 is 2.00 bits per heavy atom. The second-order valence-electron chi connectivity index (χ2n) is 7.65. The summed E-state index contributed by atoms with van der Waals surface area (Å²) >= 11 is 3.13. The van der Waals surface area contributed by atoms with Crippen molar-refractivity contribution in [2.45, 2.75) is 52.7 Å². The van der Waals surface area contributed by atoms with E-state index < -0.39 is 10.0 Å². The second-order valence-corrected chi connectivity index (χ2v) is 10.2. The number of ether oxygens (including phenoxy) is 2. The number of anilines is 1. The third kappa shape index (κ3) is 6.43. The van der Waals surface area contributed by atoms with Crippen molar-refractivity contribution in [1.82, 2.24) is 4.31 Å². The van der Waals surface area contributed by atoms with Crippen LogP contribution in [-0.2, 0) is 26.1 Å². The first kappa shape index (κ1) is 26.6. The van der Waals surface area contributed by atoms with Crippen LogP contribution < -0.4 is 4.90 Å². The molecule has 0 unspecified atom stereocenters. The zero-order valence-electron chi connectivity index (χ0n) is 19.2. The van der Waals surface area contributed by atoms with Gasteiger partial charge in [-0.25, -0.2) is 13.2 Å². The van der Waals surface area contributed by atoms with Gasteiger partial charge in [0.05, 0.1) is 17.2 Å². The van der Waals surface area contributed by atoms with E-state index in [-0.39, 0.29) is 30.3 Å². The Balaban J connectivity index is 0.000000654. The molecular weight excluding hydrogens is 496 g/mol. The van der Waals surface area contributed by atoms with Crippen LogP contribution in [0.15, 0.2) is 40.2 Å². The lowest BCUT2D eigenvalue weighted by Gasteiger charge is -2.40. The van der Waals surface area contributed by atoms with Gasteiger partial charge in [-0.3, -0.25) is 4.90 Å². The molecule has 2 aliphatic rings. The van der Waals surface area contributed by atoms with Gasteiger partial charge in [0.2, 0.25) is 10.0 Å². The molecule has 3 rings (SSSR count). The fourth-order valence-corrected chi connectivity index (χ4v) is 5.72. The molecule has 1 fully saturated rings. The molecule has 1 aromatic carbocycles. The zero-order chi connectivity index (χ0) is 23.7. The van der Waals surface area contributed by atoms with Gasteiger partial charge in [0.15, 0.2) is 0 Å². The number of amides is 1. The highest BCUT2D eigenvalue weighted by Gasteiger charge is 2.37. The predicted molar refractivity (Wildman–Crippen MR) is 131 cm³/mol. The van der Waals surface area contributed by atoms with E-state index >= 15 is 0 Å². The topological polar surface area (TPSA) is 76.2 Å². The number of hydrogen-bond donors (Lipinski definition) is 0. The lowest BCUT2D eigenvalue weighted by molar-refractivity contribution is 0.135. The molecule has 0 atom stereocenters. The third-order valence-corrected chi connectivity index (χ3v) is 7.87. The molecule has 0 saturated carbocycles. The summed E-state index contributed by atoms with van der Waals surface area (Å²) in [5.74, 6) is 0. The van der Waals surface area contributed by atoms with Crippen LogP contribution in [0.3, 0.4) is 0 Å². The van der Waals surface area contributed by atoms with Crippen molar-refractivity contribution in [1.29, 1.82) is 0 Å². The van der Waals surface area contributed by atoms with Crippen LogP contribution in [0.4, 0.5) is 10.5 Å². The number of halogens is 1. The predicted octanol–water partition coefficient (Wildman–Crippen LogP) is 5.10. The highest BCUT2D eigenvalue weighted by molar-refractivity contribution is 9.11. The minimum Gasteiger partial charge on any atom is -0.444 e. The lowest BCUT2D eigenvalue weighted by Crippen LogP contribution is -2.50. The quantitative estimate of drug-likeness (QED) is 0.513. The fourth-order valence-electron chi connectivity index (χ4n) is 3.76. The maximum atomic E-state index is 12.8. The minimum absolute atomic E-state index is 0.0595. The van der Waals surface area contributed by atoms with E-state index in [2.05, 4.69) is 22.9 Å². The molecule has 178 valence electrons. The Labute approximate surface area is 200 Å². The smallest absolute Gasteiger partial charge is 0.414 e. The molecule has 0 aliphatic carbocycles. The van der Waals surface area contributed by atoms with E-state index in [1.54, 1.807) is 17.9 Å². The van der Waals surface area contributed by atoms with Gasteiger partial charge in [-0.2, -0.15) is 4.31 Å². The molecule has 7 nitrogen and oxygen atoms in total. The zero-order valence-corrected chi connectivity index (χ0v) is 21.6. The number of sulfonamides is 1. The largest absolute Gasteiger partial charge is 0.444 e. The normalized spacial score (nSPS) is 18.2. The maximum absolute atomic E-state index is 12.8. The second kappa shape index (κ2) is 12.5. The van der Waals surface area contributed by atoms with Gasteiger partial charge in [-0.1, -0.05) is 52.7 Å². The summed E-state index contributed by atoms with van der Waals surface area (Å²) in [6.45, 7) is 6.85. The molecule has 1 amide bonds. The number of fused-ring (bicyclic) bond motifs is 1. The van der Waals surface area contributed by atoms with Gasteiger partial charge in [-0.15, -0.1) is 0 Å². The molecule has 0 spiro atoms. The third-order valence-electron chi connectivity index (χ3n) is 5.44. The van der Waals surface area contributed by atoms with Crippen molar-refractivity contribution in [3.63, 3.8) is 0 Å². The van der Waals surface area contributed by atoms with Crippen LogP contribution >= 0.6 is 15.9 Å². The summed E-state index contributed by atoms with van der Waals surface area (Å²) in [6.07, 6.45) is 5.50. The standard InChI is InChI=1S/C19H26N2O5S.C4H7Br/c1-4-17(13-25-3)27(23,24)20-9-7-16(8-10-20)21-18-6-5-14(2)11-15(18)12-26-19(21)22;1-2-3-4-5/h4-6,11,16H,7-10,12-13H2,1-3H3;3-4H,2H2,1H3/b17-4+;4-3+. The Bertz CT molecular complexity index is 938. The van der Waals surface area contributed by atoms with Gasteiger partial charge in [0, 0.05) is 31.8 Å². The number of allylic oxidation sites excluding steroid dienone is 2. The molecule has 1 aromatic rings. The number of benzene rings is 1. The summed E-state index contributed by atoms with van der Waals surface area (Å²) in [4.78, 5) is 16.2. The molecule has 2 heterocycles. The van der Waals surface area contributed by atoms with Crippen LogP contribution in [0.2, 0.25) is 0 Å². The minimum atomic E-state index is -3.54. The Hall–Kier alpha value is -1.68. The van der Waals surface area contributed by atoms with Crippen molar-refractivity contribution in [2.24, 2.45) is 0 Å². The number of hydrogen-bond acceptors (Lipinski definition) is 5. The van der Waals surface area contributed by atoms with Crippen molar-refractivity contribution in [3.05, 3.63) is 51.4 Å². The number of aryl methyl sites for hydroxylation is 1. The summed E-state index contributed by atoms with van der Waals surface area (Å²) < 4.78 is 37.3. The molecule has 1 saturated heterocycles. The molecular formula is C23H33BrN2O5S. The molecule has 0 radical (unpaired) electrons. The molecule has 0 bridgehead atoms. The van der Waals surface area contributed by atoms with Crippen LogP contribution in [0.25, 0.3) is 0 Å². The van der Waals surface area contributed by atoms with Gasteiger partial charge in [0.25, 0.3) is 0 Å². The van der Waals surface area contributed by atoms with Crippen LogP contribution in [0.1, 0.15) is 44.2 Å². The summed E-state index contributed by atoms with van der Waals surface area (Å²) in [7, 11) is -2.06. The number of carbonyl (C=O) groups excluding carboxylic acids is 1. The average molecular weight is 529 g/mol. The summed E-state index contributed by atoms with van der Waals surface area (Å²) in [5.41, 5.74) is 2.97. The number of cyclic esters (lactones) is 1. The van der Waals surface area contributed by atoms with Crippen molar-refractivity contribution < 1.29 is 22.7 Å². The molecule has 32 heavy (non-hydrogen) atoms. The first-order chi connectivity index (χ1) is 15.3. The average Bonchev–Trinajstić information content (AvgIpc) is 2.78. The molecule has 0 aromatic heterocycles. The SMILES string of the molecule is C/C=C(\COC)S(=O)(=O)N1CCC(N2C(=O)OCc3cc(C)ccc32)CC1.CC/C=C/Br. The van der Waals surface area contributed by atoms with E-state index in [1.807, 2.05) is 36.2 Å². The molecule has 2 aliphatic heterocycles. The van der Waals surface area contributed by atoms with E-state index in [0.29, 0.717) is 25.9 Å². The fraction of sp³-hybridized carbons (Fsp3) is 0.522. The summed E-state index contributed by atoms with van der Waals surface area (Å²) in [5, 5.41) is 0. The van der Waals surface area contributed by atoms with E-state index in [1.165, 1.54) is 11.4 Å². The van der Waals surface area contributed by atoms with Crippen molar-refractivity contribution in [3.8, 4) is 0 Å².